The second kappa shape index (κ2) is 8.19. The summed E-state index contributed by atoms with van der Waals surface area (Å²) in [4.78, 5) is 19.2. The van der Waals surface area contributed by atoms with E-state index in [4.69, 9.17) is 0 Å². The standard InChI is InChI=1S/C13H20.C2H5N3O2/c1-9(2)12-7-6-8-13(10(3)4)11(12)5;3-1(6)5-2(4)7/h6-10H,1-5H3;(H5,3,4,5,6,7). The quantitative estimate of drug-likeness (QED) is 0.775. The molecular formula is C15H25N3O2. The minimum absolute atomic E-state index is 0.638. The Morgan fingerprint density at radius 2 is 1.30 bits per heavy atom. The first-order chi connectivity index (χ1) is 9.16. The zero-order chi connectivity index (χ0) is 15.9. The summed E-state index contributed by atoms with van der Waals surface area (Å²) in [6.07, 6.45) is 0. The zero-order valence-corrected chi connectivity index (χ0v) is 12.9. The SMILES string of the molecule is Cc1c(C(C)C)cccc1C(C)C.NC(=O)NC(N)=O. The smallest absolute Gasteiger partial charge is 0.320 e. The third-order valence-electron chi connectivity index (χ3n) is 2.91. The fourth-order valence-electron chi connectivity index (χ4n) is 2.04. The van der Waals surface area contributed by atoms with E-state index in [0.717, 1.165) is 0 Å². The highest BCUT2D eigenvalue weighted by atomic mass is 16.2. The fraction of sp³-hybridized carbons (Fsp3) is 0.467. The molecule has 0 aromatic heterocycles. The molecule has 5 nitrogen and oxygen atoms in total. The molecule has 0 aliphatic rings. The van der Waals surface area contributed by atoms with Crippen LogP contribution in [0.3, 0.4) is 0 Å². The summed E-state index contributed by atoms with van der Waals surface area (Å²) in [7, 11) is 0. The lowest BCUT2D eigenvalue weighted by molar-refractivity contribution is 0.236. The molecule has 20 heavy (non-hydrogen) atoms. The third-order valence-corrected chi connectivity index (χ3v) is 2.91. The van der Waals surface area contributed by atoms with Crippen molar-refractivity contribution in [3.8, 4) is 0 Å². The van der Waals surface area contributed by atoms with Crippen LogP contribution in [-0.2, 0) is 0 Å². The van der Waals surface area contributed by atoms with E-state index >= 15 is 0 Å². The monoisotopic (exact) mass is 279 g/mol. The summed E-state index contributed by atoms with van der Waals surface area (Å²) >= 11 is 0. The van der Waals surface area contributed by atoms with Gasteiger partial charge in [0, 0.05) is 0 Å². The molecule has 0 unspecified atom stereocenters. The van der Waals surface area contributed by atoms with Crippen LogP contribution in [0.4, 0.5) is 9.59 Å². The Kier molecular flexibility index (Phi) is 7.36. The van der Waals surface area contributed by atoms with Crippen LogP contribution >= 0.6 is 0 Å². The van der Waals surface area contributed by atoms with Gasteiger partial charge in [0.1, 0.15) is 0 Å². The van der Waals surface area contributed by atoms with Crippen molar-refractivity contribution < 1.29 is 9.59 Å². The Morgan fingerprint density at radius 3 is 1.50 bits per heavy atom. The van der Waals surface area contributed by atoms with Gasteiger partial charge in [-0.25, -0.2) is 9.59 Å². The van der Waals surface area contributed by atoms with Crippen LogP contribution in [0.5, 0.6) is 0 Å². The number of benzene rings is 1. The van der Waals surface area contributed by atoms with Gasteiger partial charge in [0.2, 0.25) is 0 Å². The molecule has 4 amide bonds. The van der Waals surface area contributed by atoms with Crippen LogP contribution in [0.1, 0.15) is 56.2 Å². The summed E-state index contributed by atoms with van der Waals surface area (Å²) in [5.74, 6) is 1.28. The molecule has 0 fully saturated rings. The predicted octanol–water partition coefficient (Wildman–Crippen LogP) is 2.98. The average Bonchev–Trinajstić information content (AvgIpc) is 2.27. The fourth-order valence-corrected chi connectivity index (χ4v) is 2.04. The number of hydrogen-bond donors (Lipinski definition) is 3. The summed E-state index contributed by atoms with van der Waals surface area (Å²) in [6.45, 7) is 11.3. The van der Waals surface area contributed by atoms with Crippen LogP contribution in [-0.4, -0.2) is 12.1 Å². The number of urea groups is 2. The molecule has 112 valence electrons. The zero-order valence-electron chi connectivity index (χ0n) is 12.9. The summed E-state index contributed by atoms with van der Waals surface area (Å²) in [5, 5.41) is 1.58. The number of hydrogen-bond acceptors (Lipinski definition) is 2. The largest absolute Gasteiger partial charge is 0.351 e. The van der Waals surface area contributed by atoms with Gasteiger partial charge in [0.25, 0.3) is 0 Å². The topological polar surface area (TPSA) is 98.2 Å². The van der Waals surface area contributed by atoms with Crippen molar-refractivity contribution in [3.63, 3.8) is 0 Å². The number of rotatable bonds is 2. The van der Waals surface area contributed by atoms with E-state index in [2.05, 4.69) is 64.3 Å². The number of amides is 4. The number of carbonyl (C=O) groups is 2. The van der Waals surface area contributed by atoms with Gasteiger partial charge >= 0.3 is 12.1 Å². The molecule has 0 aliphatic heterocycles. The number of imide groups is 1. The van der Waals surface area contributed by atoms with Crippen molar-refractivity contribution in [1.29, 1.82) is 0 Å². The van der Waals surface area contributed by atoms with Crippen LogP contribution < -0.4 is 16.8 Å². The Bertz CT molecular complexity index is 430. The Labute approximate surface area is 120 Å². The van der Waals surface area contributed by atoms with Crippen molar-refractivity contribution in [2.45, 2.75) is 46.5 Å². The highest BCUT2D eigenvalue weighted by molar-refractivity contribution is 5.91. The van der Waals surface area contributed by atoms with Gasteiger partial charge in [-0.2, -0.15) is 0 Å². The van der Waals surface area contributed by atoms with E-state index in [9.17, 15) is 9.59 Å². The van der Waals surface area contributed by atoms with Gasteiger partial charge in [-0.05, 0) is 35.4 Å². The number of carbonyl (C=O) groups excluding carboxylic acids is 2. The maximum atomic E-state index is 9.62. The van der Waals surface area contributed by atoms with Crippen LogP contribution in [0.25, 0.3) is 0 Å². The first kappa shape index (κ1) is 18.0. The molecule has 5 N–H and O–H groups in total. The molecule has 0 radical (unpaired) electrons. The first-order valence-corrected chi connectivity index (χ1v) is 6.62. The summed E-state index contributed by atoms with van der Waals surface area (Å²) in [6, 6.07) is 4.79. The number of primary amides is 2. The second-order valence-electron chi connectivity index (χ2n) is 5.22. The predicted molar refractivity (Wildman–Crippen MR) is 81.7 cm³/mol. The van der Waals surface area contributed by atoms with E-state index in [-0.39, 0.29) is 0 Å². The minimum atomic E-state index is -0.938. The molecule has 1 aromatic rings. The molecule has 1 aromatic carbocycles. The van der Waals surface area contributed by atoms with E-state index in [1.54, 1.807) is 5.32 Å². The molecule has 0 saturated carbocycles. The molecule has 1 rings (SSSR count). The molecule has 0 bridgehead atoms. The normalized spacial score (nSPS) is 9.95. The first-order valence-electron chi connectivity index (χ1n) is 6.62. The van der Waals surface area contributed by atoms with Gasteiger partial charge < -0.3 is 11.5 Å². The molecule has 0 saturated heterocycles. The molecular weight excluding hydrogens is 254 g/mol. The van der Waals surface area contributed by atoms with Crippen molar-refractivity contribution in [1.82, 2.24) is 5.32 Å². The van der Waals surface area contributed by atoms with Gasteiger partial charge in [-0.3, -0.25) is 5.32 Å². The van der Waals surface area contributed by atoms with Gasteiger partial charge in [-0.1, -0.05) is 45.9 Å². The van der Waals surface area contributed by atoms with E-state index in [0.29, 0.717) is 11.8 Å². The second-order valence-corrected chi connectivity index (χ2v) is 5.22. The van der Waals surface area contributed by atoms with Gasteiger partial charge in [0.15, 0.2) is 0 Å². The van der Waals surface area contributed by atoms with Crippen molar-refractivity contribution >= 4 is 12.1 Å². The third kappa shape index (κ3) is 6.22. The van der Waals surface area contributed by atoms with E-state index < -0.39 is 12.1 Å². The van der Waals surface area contributed by atoms with E-state index in [1.165, 1.54) is 16.7 Å². The molecule has 0 aliphatic carbocycles. The lowest BCUT2D eigenvalue weighted by Gasteiger charge is -2.16. The Balaban J connectivity index is 0.000000441. The molecule has 5 heteroatoms. The van der Waals surface area contributed by atoms with Crippen LogP contribution in [0, 0.1) is 6.92 Å². The van der Waals surface area contributed by atoms with Crippen molar-refractivity contribution in [2.75, 3.05) is 0 Å². The lowest BCUT2D eigenvalue weighted by atomic mass is 9.90. The van der Waals surface area contributed by atoms with Crippen LogP contribution in [0.15, 0.2) is 18.2 Å². The van der Waals surface area contributed by atoms with Gasteiger partial charge in [-0.15, -0.1) is 0 Å². The Hall–Kier alpha value is -2.04. The van der Waals surface area contributed by atoms with Crippen molar-refractivity contribution in [3.05, 3.63) is 34.9 Å². The number of nitrogens with one attached hydrogen (secondary N) is 1. The van der Waals surface area contributed by atoms with Crippen molar-refractivity contribution in [2.24, 2.45) is 11.5 Å². The minimum Gasteiger partial charge on any atom is -0.351 e. The maximum Gasteiger partial charge on any atom is 0.320 e. The van der Waals surface area contributed by atoms with E-state index in [1.807, 2.05) is 0 Å². The molecule has 0 heterocycles. The highest BCUT2D eigenvalue weighted by Gasteiger charge is 2.08. The lowest BCUT2D eigenvalue weighted by Crippen LogP contribution is -2.38. The van der Waals surface area contributed by atoms with Gasteiger partial charge in [0.05, 0.1) is 0 Å². The Morgan fingerprint density at radius 1 is 0.950 bits per heavy atom. The van der Waals surface area contributed by atoms with Crippen LogP contribution in [0.2, 0.25) is 0 Å². The molecule has 0 atom stereocenters. The molecule has 0 spiro atoms. The summed E-state index contributed by atoms with van der Waals surface area (Å²) < 4.78 is 0. The summed E-state index contributed by atoms with van der Waals surface area (Å²) in [5.41, 5.74) is 13.3. The average molecular weight is 279 g/mol. The maximum absolute atomic E-state index is 9.62. The number of nitrogens with two attached hydrogens (primary N) is 2. The highest BCUT2D eigenvalue weighted by Crippen LogP contribution is 2.26.